The van der Waals surface area contributed by atoms with Gasteiger partial charge in [-0.05, 0) is 59.0 Å². The van der Waals surface area contributed by atoms with E-state index in [1.54, 1.807) is 24.3 Å². The fraction of sp³-hybridized carbons (Fsp3) is 0. The van der Waals surface area contributed by atoms with Crippen LogP contribution in [0.4, 0.5) is 5.69 Å². The largest absolute Gasteiger partial charge is 0.508 e. The van der Waals surface area contributed by atoms with Gasteiger partial charge in [-0.2, -0.15) is 0 Å². The molecule has 0 saturated carbocycles. The number of amides is 1. The Labute approximate surface area is 123 Å². The monoisotopic (exact) mass is 373 g/mol. The van der Waals surface area contributed by atoms with E-state index in [0.717, 1.165) is 3.57 Å². The summed E-state index contributed by atoms with van der Waals surface area (Å²) in [6.45, 7) is 0. The summed E-state index contributed by atoms with van der Waals surface area (Å²) in [7, 11) is 0. The number of benzene rings is 2. The second-order valence-corrected chi connectivity index (χ2v) is 5.28. The number of halogens is 2. The Hall–Kier alpha value is -1.27. The van der Waals surface area contributed by atoms with E-state index in [9.17, 15) is 9.90 Å². The van der Waals surface area contributed by atoms with Gasteiger partial charge >= 0.3 is 0 Å². The normalized spacial score (nSPS) is 10.1. The zero-order valence-electron chi connectivity index (χ0n) is 9.15. The Balaban J connectivity index is 2.24. The topological polar surface area (TPSA) is 49.3 Å². The molecule has 2 rings (SSSR count). The first-order chi connectivity index (χ1) is 8.56. The second-order valence-electron chi connectivity index (χ2n) is 3.63. The molecule has 0 atom stereocenters. The fourth-order valence-electron chi connectivity index (χ4n) is 1.43. The molecule has 0 spiro atoms. The van der Waals surface area contributed by atoms with Crippen molar-refractivity contribution in [3.8, 4) is 5.75 Å². The van der Waals surface area contributed by atoms with Gasteiger partial charge in [-0.25, -0.2) is 0 Å². The summed E-state index contributed by atoms with van der Waals surface area (Å²) >= 11 is 8.13. The third kappa shape index (κ3) is 3.14. The van der Waals surface area contributed by atoms with Crippen molar-refractivity contribution in [1.29, 1.82) is 0 Å². The second kappa shape index (κ2) is 5.58. The van der Waals surface area contributed by atoms with Gasteiger partial charge in [0.05, 0.1) is 10.7 Å². The van der Waals surface area contributed by atoms with Crippen molar-refractivity contribution in [1.82, 2.24) is 0 Å². The van der Waals surface area contributed by atoms with Crippen LogP contribution >= 0.6 is 34.2 Å². The Morgan fingerprint density at radius 3 is 2.72 bits per heavy atom. The first kappa shape index (κ1) is 13.2. The summed E-state index contributed by atoms with van der Waals surface area (Å²) in [4.78, 5) is 11.9. The molecule has 0 aliphatic carbocycles. The first-order valence-corrected chi connectivity index (χ1v) is 6.57. The lowest BCUT2D eigenvalue weighted by Crippen LogP contribution is -2.12. The number of aromatic hydroxyl groups is 1. The minimum Gasteiger partial charge on any atom is -0.508 e. The van der Waals surface area contributed by atoms with E-state index in [1.165, 1.54) is 12.1 Å². The number of nitrogens with one attached hydrogen (secondary N) is 1. The molecule has 2 N–H and O–H groups in total. The molecule has 1 amide bonds. The molecular formula is C13H9ClINO2. The van der Waals surface area contributed by atoms with Crippen LogP contribution in [0, 0.1) is 3.57 Å². The maximum absolute atomic E-state index is 11.9. The van der Waals surface area contributed by atoms with Crippen LogP contribution in [-0.4, -0.2) is 11.0 Å². The number of hydrogen-bond donors (Lipinski definition) is 2. The van der Waals surface area contributed by atoms with Gasteiger partial charge in [0.1, 0.15) is 5.75 Å². The standard InChI is InChI=1S/C13H9ClINO2/c14-11-5-4-9(15)7-12(11)16-13(18)8-2-1-3-10(17)6-8/h1-7,17H,(H,16,18). The third-order valence-electron chi connectivity index (χ3n) is 2.28. The number of anilines is 1. The highest BCUT2D eigenvalue weighted by Crippen LogP contribution is 2.24. The SMILES string of the molecule is O=C(Nc1cc(I)ccc1Cl)c1cccc(O)c1. The maximum atomic E-state index is 11.9. The minimum atomic E-state index is -0.310. The van der Waals surface area contributed by atoms with E-state index in [1.807, 2.05) is 6.07 Å². The van der Waals surface area contributed by atoms with Gasteiger partial charge in [-0.15, -0.1) is 0 Å². The zero-order valence-corrected chi connectivity index (χ0v) is 12.1. The van der Waals surface area contributed by atoms with Gasteiger partial charge in [-0.1, -0.05) is 17.7 Å². The molecule has 0 fully saturated rings. The fourth-order valence-corrected chi connectivity index (χ4v) is 2.09. The molecule has 92 valence electrons. The summed E-state index contributed by atoms with van der Waals surface area (Å²) in [6, 6.07) is 11.5. The molecule has 0 aliphatic rings. The summed E-state index contributed by atoms with van der Waals surface area (Å²) in [5.41, 5.74) is 0.932. The molecule has 18 heavy (non-hydrogen) atoms. The van der Waals surface area contributed by atoms with Crippen molar-refractivity contribution in [2.45, 2.75) is 0 Å². The predicted molar refractivity (Wildman–Crippen MR) is 80.2 cm³/mol. The third-order valence-corrected chi connectivity index (χ3v) is 3.29. The quantitative estimate of drug-likeness (QED) is 0.784. The van der Waals surface area contributed by atoms with Crippen LogP contribution in [0.1, 0.15) is 10.4 Å². The molecular weight excluding hydrogens is 365 g/mol. The predicted octanol–water partition coefficient (Wildman–Crippen LogP) is 3.90. The molecule has 0 bridgehead atoms. The van der Waals surface area contributed by atoms with Gasteiger partial charge in [-0.3, -0.25) is 4.79 Å². The van der Waals surface area contributed by atoms with Crippen LogP contribution in [-0.2, 0) is 0 Å². The number of carbonyl (C=O) groups excluding carboxylic acids is 1. The Kier molecular flexibility index (Phi) is 4.08. The summed E-state index contributed by atoms with van der Waals surface area (Å²) in [6.07, 6.45) is 0. The molecule has 2 aromatic rings. The van der Waals surface area contributed by atoms with Gasteiger partial charge < -0.3 is 10.4 Å². The highest BCUT2D eigenvalue weighted by Gasteiger charge is 2.09. The van der Waals surface area contributed by atoms with Crippen LogP contribution in [0.15, 0.2) is 42.5 Å². The van der Waals surface area contributed by atoms with Crippen LogP contribution in [0.25, 0.3) is 0 Å². The number of phenols is 1. The van der Waals surface area contributed by atoms with Gasteiger partial charge in [0.15, 0.2) is 0 Å². The molecule has 2 aromatic carbocycles. The molecule has 0 radical (unpaired) electrons. The van der Waals surface area contributed by atoms with Gasteiger partial charge in [0.25, 0.3) is 5.91 Å². The van der Waals surface area contributed by atoms with Crippen molar-refractivity contribution in [2.75, 3.05) is 5.32 Å². The summed E-state index contributed by atoms with van der Waals surface area (Å²) in [5, 5.41) is 12.5. The maximum Gasteiger partial charge on any atom is 0.255 e. The van der Waals surface area contributed by atoms with E-state index in [-0.39, 0.29) is 11.7 Å². The highest BCUT2D eigenvalue weighted by molar-refractivity contribution is 14.1. The van der Waals surface area contributed by atoms with Crippen LogP contribution in [0.2, 0.25) is 5.02 Å². The number of rotatable bonds is 2. The number of hydrogen-bond acceptors (Lipinski definition) is 2. The Morgan fingerprint density at radius 1 is 1.22 bits per heavy atom. The van der Waals surface area contributed by atoms with E-state index in [0.29, 0.717) is 16.3 Å². The summed E-state index contributed by atoms with van der Waals surface area (Å²) in [5.74, 6) is -0.258. The number of phenolic OH excluding ortho intramolecular Hbond substituents is 1. The smallest absolute Gasteiger partial charge is 0.255 e. The first-order valence-electron chi connectivity index (χ1n) is 5.12. The van der Waals surface area contributed by atoms with Crippen molar-refractivity contribution < 1.29 is 9.90 Å². The van der Waals surface area contributed by atoms with E-state index < -0.39 is 0 Å². The molecule has 3 nitrogen and oxygen atoms in total. The van der Waals surface area contributed by atoms with Crippen molar-refractivity contribution in [2.24, 2.45) is 0 Å². The number of carbonyl (C=O) groups is 1. The molecule has 0 heterocycles. The van der Waals surface area contributed by atoms with Gasteiger partial charge in [0.2, 0.25) is 0 Å². The molecule has 0 aliphatic heterocycles. The van der Waals surface area contributed by atoms with Crippen LogP contribution < -0.4 is 5.32 Å². The van der Waals surface area contributed by atoms with Crippen LogP contribution in [0.5, 0.6) is 5.75 Å². The van der Waals surface area contributed by atoms with Crippen molar-refractivity contribution in [3.05, 3.63) is 56.6 Å². The lowest BCUT2D eigenvalue weighted by molar-refractivity contribution is 0.102. The lowest BCUT2D eigenvalue weighted by Gasteiger charge is -2.08. The van der Waals surface area contributed by atoms with E-state index >= 15 is 0 Å². The molecule has 0 aromatic heterocycles. The van der Waals surface area contributed by atoms with Crippen molar-refractivity contribution in [3.63, 3.8) is 0 Å². The van der Waals surface area contributed by atoms with E-state index in [4.69, 9.17) is 11.6 Å². The van der Waals surface area contributed by atoms with Crippen molar-refractivity contribution >= 4 is 45.8 Å². The average molecular weight is 374 g/mol. The van der Waals surface area contributed by atoms with Crippen LogP contribution in [0.3, 0.4) is 0 Å². The molecule has 5 heteroatoms. The highest BCUT2D eigenvalue weighted by atomic mass is 127. The zero-order chi connectivity index (χ0) is 13.1. The van der Waals surface area contributed by atoms with Gasteiger partial charge in [0, 0.05) is 9.13 Å². The lowest BCUT2D eigenvalue weighted by atomic mass is 10.2. The average Bonchev–Trinajstić information content (AvgIpc) is 2.34. The van der Waals surface area contributed by atoms with E-state index in [2.05, 4.69) is 27.9 Å². The Morgan fingerprint density at radius 2 is 2.00 bits per heavy atom. The molecule has 0 unspecified atom stereocenters. The molecule has 0 saturated heterocycles. The Bertz CT molecular complexity index is 601. The minimum absolute atomic E-state index is 0.0522. The summed E-state index contributed by atoms with van der Waals surface area (Å²) < 4.78 is 0.975.